The Morgan fingerprint density at radius 2 is 1.63 bits per heavy atom. The van der Waals surface area contributed by atoms with E-state index in [9.17, 15) is 21.6 Å². The normalized spacial score (nSPS) is 16.3. The first-order valence-electron chi connectivity index (χ1n) is 9.57. The highest BCUT2D eigenvalue weighted by Crippen LogP contribution is 2.24. The van der Waals surface area contributed by atoms with Crippen molar-refractivity contribution in [3.63, 3.8) is 0 Å². The maximum atomic E-state index is 12.9. The second-order valence-electron chi connectivity index (χ2n) is 7.09. The van der Waals surface area contributed by atoms with Crippen LogP contribution in [0.3, 0.4) is 0 Å². The molecule has 1 amide bonds. The van der Waals surface area contributed by atoms with Crippen LogP contribution in [0.5, 0.6) is 0 Å². The van der Waals surface area contributed by atoms with Crippen molar-refractivity contribution in [3.05, 3.63) is 54.1 Å². The quantitative estimate of drug-likeness (QED) is 0.717. The predicted octanol–water partition coefficient (Wildman–Crippen LogP) is 1.67. The van der Waals surface area contributed by atoms with Crippen molar-refractivity contribution in [1.29, 1.82) is 0 Å². The van der Waals surface area contributed by atoms with Gasteiger partial charge in [0, 0.05) is 31.7 Å². The van der Waals surface area contributed by atoms with E-state index in [2.05, 4.69) is 10.2 Å². The van der Waals surface area contributed by atoms with E-state index in [1.54, 1.807) is 12.1 Å². The maximum absolute atomic E-state index is 12.9. The van der Waals surface area contributed by atoms with E-state index >= 15 is 0 Å². The van der Waals surface area contributed by atoms with Gasteiger partial charge in [0.15, 0.2) is 9.84 Å². The van der Waals surface area contributed by atoms with Crippen molar-refractivity contribution in [3.8, 4) is 0 Å². The molecular weight excluding hydrogens is 426 g/mol. The Morgan fingerprint density at radius 1 is 0.967 bits per heavy atom. The average Bonchev–Trinajstić information content (AvgIpc) is 2.74. The lowest BCUT2D eigenvalue weighted by Gasteiger charge is -2.31. The monoisotopic (exact) mass is 451 g/mol. The molecule has 0 saturated carbocycles. The highest BCUT2D eigenvalue weighted by molar-refractivity contribution is 7.91. The summed E-state index contributed by atoms with van der Waals surface area (Å²) in [4.78, 5) is 14.9. The van der Waals surface area contributed by atoms with Crippen LogP contribution in [0.1, 0.15) is 17.3 Å². The molecule has 2 aromatic rings. The average molecular weight is 452 g/mol. The summed E-state index contributed by atoms with van der Waals surface area (Å²) in [6, 6.07) is 11.9. The third kappa shape index (κ3) is 4.72. The summed E-state index contributed by atoms with van der Waals surface area (Å²) < 4.78 is 51.9. The van der Waals surface area contributed by atoms with Crippen molar-refractivity contribution >= 4 is 31.5 Å². The molecule has 0 bridgehead atoms. The summed E-state index contributed by atoms with van der Waals surface area (Å²) in [6.45, 7) is 3.58. The molecule has 10 heteroatoms. The summed E-state index contributed by atoms with van der Waals surface area (Å²) in [7, 11) is -5.31. The molecule has 1 saturated heterocycles. The molecule has 2 aromatic carbocycles. The van der Waals surface area contributed by atoms with Gasteiger partial charge in [0.05, 0.1) is 21.2 Å². The number of nitrogens with zero attached hydrogens (tertiary/aromatic N) is 2. The topological polar surface area (TPSA) is 104 Å². The Bertz CT molecular complexity index is 1140. The molecule has 1 aliphatic heterocycles. The molecular formula is C20H25N3O5S2. The van der Waals surface area contributed by atoms with Gasteiger partial charge < -0.3 is 10.2 Å². The highest BCUT2D eigenvalue weighted by Gasteiger charge is 2.28. The molecule has 1 heterocycles. The van der Waals surface area contributed by atoms with Crippen molar-refractivity contribution in [1.82, 2.24) is 9.21 Å². The van der Waals surface area contributed by atoms with E-state index < -0.39 is 25.8 Å². The number of benzene rings is 2. The zero-order valence-corrected chi connectivity index (χ0v) is 18.5. The number of para-hydroxylation sites is 1. The molecule has 0 spiro atoms. The lowest BCUT2D eigenvalue weighted by Crippen LogP contribution is -2.47. The second kappa shape index (κ2) is 8.84. The summed E-state index contributed by atoms with van der Waals surface area (Å²) in [5, 5.41) is 2.60. The van der Waals surface area contributed by atoms with Crippen molar-refractivity contribution in [2.75, 3.05) is 44.3 Å². The minimum Gasteiger partial charge on any atom is -0.321 e. The zero-order chi connectivity index (χ0) is 21.9. The predicted molar refractivity (Wildman–Crippen MR) is 115 cm³/mol. The molecule has 1 fully saturated rings. The number of carbonyl (C=O) groups is 1. The van der Waals surface area contributed by atoms with E-state index in [0.717, 1.165) is 0 Å². The van der Waals surface area contributed by atoms with Crippen LogP contribution in [0.25, 0.3) is 0 Å². The molecule has 1 N–H and O–H groups in total. The number of likely N-dealkylation sites (N-methyl/N-ethyl adjacent to an activating group) is 1. The molecule has 0 radical (unpaired) electrons. The van der Waals surface area contributed by atoms with Crippen LogP contribution in [0.4, 0.5) is 5.69 Å². The Labute approximate surface area is 177 Å². The number of sulfonamides is 1. The van der Waals surface area contributed by atoms with Crippen LogP contribution in [-0.2, 0) is 19.9 Å². The lowest BCUT2D eigenvalue weighted by atomic mass is 10.2. The Balaban J connectivity index is 1.86. The standard InChI is InChI=1S/C20H25N3O5S2/c1-3-29(25,26)19-10-5-4-9-18(19)21-20(24)16-7-6-8-17(15-16)30(27,28)23-13-11-22(2)12-14-23/h4-10,15H,3,11-14H2,1-2H3,(H,21,24). The summed E-state index contributed by atoms with van der Waals surface area (Å²) >= 11 is 0. The van der Waals surface area contributed by atoms with Gasteiger partial charge in [0.1, 0.15) is 0 Å². The first kappa shape index (κ1) is 22.4. The van der Waals surface area contributed by atoms with Crippen LogP contribution in [0.15, 0.2) is 58.3 Å². The van der Waals surface area contributed by atoms with E-state index in [4.69, 9.17) is 0 Å². The maximum Gasteiger partial charge on any atom is 0.255 e. The largest absolute Gasteiger partial charge is 0.321 e. The molecule has 30 heavy (non-hydrogen) atoms. The fourth-order valence-corrected chi connectivity index (χ4v) is 5.69. The van der Waals surface area contributed by atoms with E-state index in [-0.39, 0.29) is 26.8 Å². The van der Waals surface area contributed by atoms with Crippen molar-refractivity contribution in [2.24, 2.45) is 0 Å². The van der Waals surface area contributed by atoms with Crippen molar-refractivity contribution in [2.45, 2.75) is 16.7 Å². The number of anilines is 1. The number of hydrogen-bond acceptors (Lipinski definition) is 6. The van der Waals surface area contributed by atoms with Crippen molar-refractivity contribution < 1.29 is 21.6 Å². The Morgan fingerprint density at radius 3 is 2.30 bits per heavy atom. The summed E-state index contributed by atoms with van der Waals surface area (Å²) in [6.07, 6.45) is 0. The van der Waals surface area contributed by atoms with E-state index in [0.29, 0.717) is 26.2 Å². The second-order valence-corrected chi connectivity index (χ2v) is 11.3. The summed E-state index contributed by atoms with van der Waals surface area (Å²) in [5.41, 5.74) is 0.297. The van der Waals surface area contributed by atoms with Gasteiger partial charge in [-0.1, -0.05) is 25.1 Å². The molecule has 8 nitrogen and oxygen atoms in total. The van der Waals surface area contributed by atoms with Crippen LogP contribution in [-0.4, -0.2) is 70.9 Å². The number of rotatable bonds is 6. The first-order valence-corrected chi connectivity index (χ1v) is 12.7. The van der Waals surface area contributed by atoms with Gasteiger partial charge in [-0.3, -0.25) is 4.79 Å². The number of amides is 1. The van der Waals surface area contributed by atoms with Gasteiger partial charge in [-0.2, -0.15) is 4.31 Å². The number of hydrogen-bond donors (Lipinski definition) is 1. The van der Waals surface area contributed by atoms with Crippen LogP contribution in [0.2, 0.25) is 0 Å². The summed E-state index contributed by atoms with van der Waals surface area (Å²) in [5.74, 6) is -0.678. The van der Waals surface area contributed by atoms with Crippen LogP contribution in [0, 0.1) is 0 Å². The molecule has 162 valence electrons. The van der Waals surface area contributed by atoms with Gasteiger partial charge in [0.25, 0.3) is 5.91 Å². The van der Waals surface area contributed by atoms with Crippen LogP contribution < -0.4 is 5.32 Å². The van der Waals surface area contributed by atoms with Gasteiger partial charge in [-0.05, 0) is 37.4 Å². The molecule has 0 aliphatic carbocycles. The lowest BCUT2D eigenvalue weighted by molar-refractivity contribution is 0.102. The van der Waals surface area contributed by atoms with Gasteiger partial charge >= 0.3 is 0 Å². The smallest absolute Gasteiger partial charge is 0.255 e. The number of nitrogens with one attached hydrogen (secondary N) is 1. The molecule has 1 aliphatic rings. The van der Waals surface area contributed by atoms with Crippen LogP contribution >= 0.6 is 0 Å². The third-order valence-corrected chi connectivity index (χ3v) is 8.73. The number of piperazine rings is 1. The van der Waals surface area contributed by atoms with Gasteiger partial charge in [0.2, 0.25) is 10.0 Å². The van der Waals surface area contributed by atoms with Gasteiger partial charge in [-0.25, -0.2) is 16.8 Å². The molecule has 0 aromatic heterocycles. The number of carbonyl (C=O) groups excluding carboxylic acids is 1. The minimum absolute atomic E-state index is 0.0297. The minimum atomic E-state index is -3.72. The SMILES string of the molecule is CCS(=O)(=O)c1ccccc1NC(=O)c1cccc(S(=O)(=O)N2CCN(C)CC2)c1. The Kier molecular flexibility index (Phi) is 6.61. The highest BCUT2D eigenvalue weighted by atomic mass is 32.2. The fourth-order valence-electron chi connectivity index (χ4n) is 3.17. The Hall–Kier alpha value is -2.27. The van der Waals surface area contributed by atoms with E-state index in [1.807, 2.05) is 7.05 Å². The number of sulfone groups is 1. The molecule has 0 unspecified atom stereocenters. The first-order chi connectivity index (χ1) is 14.1. The third-order valence-electron chi connectivity index (χ3n) is 5.05. The molecule has 3 rings (SSSR count). The zero-order valence-electron chi connectivity index (χ0n) is 16.9. The molecule has 0 atom stereocenters. The fraction of sp³-hybridized carbons (Fsp3) is 0.350. The van der Waals surface area contributed by atoms with E-state index in [1.165, 1.54) is 47.6 Å². The van der Waals surface area contributed by atoms with Gasteiger partial charge in [-0.15, -0.1) is 0 Å².